The van der Waals surface area contributed by atoms with Crippen molar-refractivity contribution in [3.8, 4) is 6.07 Å². The van der Waals surface area contributed by atoms with Crippen molar-refractivity contribution in [1.29, 1.82) is 5.26 Å². The lowest BCUT2D eigenvalue weighted by molar-refractivity contribution is -0.137. The van der Waals surface area contributed by atoms with Gasteiger partial charge in [-0.15, -0.1) is 0 Å². The van der Waals surface area contributed by atoms with Crippen LogP contribution in [0.25, 0.3) is 0 Å². The van der Waals surface area contributed by atoms with E-state index >= 15 is 0 Å². The van der Waals surface area contributed by atoms with Gasteiger partial charge < -0.3 is 15.3 Å². The van der Waals surface area contributed by atoms with Crippen LogP contribution in [0.4, 0.5) is 17.2 Å². The normalized spacial score (nSPS) is 15.2. The molecule has 1 aliphatic rings. The average molecular weight is 435 g/mol. The van der Waals surface area contributed by atoms with E-state index in [1.165, 1.54) is 32.1 Å². The quantitative estimate of drug-likeness (QED) is 0.498. The first kappa shape index (κ1) is 23.6. The van der Waals surface area contributed by atoms with Crippen molar-refractivity contribution in [3.05, 3.63) is 47.7 Å². The molecule has 170 valence electrons. The minimum atomic E-state index is -0.798. The molecule has 0 saturated heterocycles. The zero-order chi connectivity index (χ0) is 23.1. The van der Waals surface area contributed by atoms with Crippen LogP contribution in [0, 0.1) is 17.2 Å². The lowest BCUT2D eigenvalue weighted by Gasteiger charge is -2.38. The van der Waals surface area contributed by atoms with Gasteiger partial charge in [0.1, 0.15) is 11.9 Å². The minimum absolute atomic E-state index is 0.0895. The van der Waals surface area contributed by atoms with E-state index in [4.69, 9.17) is 5.26 Å². The van der Waals surface area contributed by atoms with Crippen molar-refractivity contribution in [2.45, 2.75) is 71.3 Å². The molecule has 2 aromatic rings. The molecule has 32 heavy (non-hydrogen) atoms. The van der Waals surface area contributed by atoms with Crippen molar-refractivity contribution >= 4 is 23.2 Å². The molecule has 0 unspecified atom stereocenters. The number of rotatable bonds is 9. The number of carboxylic acids is 1. The average Bonchev–Trinajstić information content (AvgIpc) is 2.78. The number of benzene rings is 1. The lowest BCUT2D eigenvalue weighted by atomic mass is 9.92. The Balaban J connectivity index is 2.00. The van der Waals surface area contributed by atoms with Crippen LogP contribution in [-0.2, 0) is 4.79 Å². The predicted octanol–water partition coefficient (Wildman–Crippen LogP) is 6.07. The van der Waals surface area contributed by atoms with Crippen molar-refractivity contribution in [1.82, 2.24) is 4.98 Å². The van der Waals surface area contributed by atoms with Gasteiger partial charge in [0.15, 0.2) is 0 Å². The summed E-state index contributed by atoms with van der Waals surface area (Å²) in [5.41, 5.74) is 3.56. The zero-order valence-corrected chi connectivity index (χ0v) is 19.3. The zero-order valence-electron chi connectivity index (χ0n) is 19.3. The van der Waals surface area contributed by atoms with Crippen LogP contribution in [0.1, 0.15) is 76.3 Å². The van der Waals surface area contributed by atoms with E-state index in [2.05, 4.69) is 53.3 Å². The highest BCUT2D eigenvalue weighted by Crippen LogP contribution is 2.37. The summed E-state index contributed by atoms with van der Waals surface area (Å²) in [7, 11) is 0. The van der Waals surface area contributed by atoms with Gasteiger partial charge in [0.25, 0.3) is 0 Å². The molecule has 0 radical (unpaired) electrons. The molecule has 0 bridgehead atoms. The summed E-state index contributed by atoms with van der Waals surface area (Å²) in [6.07, 6.45) is 7.85. The van der Waals surface area contributed by atoms with Crippen LogP contribution in [-0.4, -0.2) is 28.6 Å². The van der Waals surface area contributed by atoms with Gasteiger partial charge in [-0.1, -0.05) is 46.1 Å². The lowest BCUT2D eigenvalue weighted by Crippen LogP contribution is -2.39. The third-order valence-corrected chi connectivity index (χ3v) is 6.11. The molecule has 6 heteroatoms. The summed E-state index contributed by atoms with van der Waals surface area (Å²) in [6.45, 7) is 7.40. The summed E-state index contributed by atoms with van der Waals surface area (Å²) in [5.74, 6) is 0.294. The molecular formula is C26H34N4O2. The third-order valence-electron chi connectivity index (χ3n) is 6.11. The van der Waals surface area contributed by atoms with Gasteiger partial charge in [-0.25, -0.2) is 4.98 Å². The predicted molar refractivity (Wildman–Crippen MR) is 128 cm³/mol. The Kier molecular flexibility index (Phi) is 8.10. The molecule has 1 aromatic carbocycles. The Morgan fingerprint density at radius 3 is 2.56 bits per heavy atom. The van der Waals surface area contributed by atoms with Crippen molar-refractivity contribution < 1.29 is 9.90 Å². The number of nitriles is 1. The monoisotopic (exact) mass is 434 g/mol. The van der Waals surface area contributed by atoms with Crippen molar-refractivity contribution in [3.63, 3.8) is 0 Å². The molecule has 0 aliphatic heterocycles. The molecular weight excluding hydrogens is 400 g/mol. The standard InChI is InChI=1S/C26H34N4O2/c1-18(2)17-30(22-7-5-4-6-8-22)24-11-10-21(19(3)13-26(31)32)14-23(24)29-25-12-9-20(15-27)16-28-25/h9-12,14,16,18-19,22H,4-8,13,17H2,1-3H3,(H,28,29)(H,31,32)/t19-/m1/s1. The number of pyridine rings is 1. The van der Waals surface area contributed by atoms with Gasteiger partial charge in [-0.2, -0.15) is 5.26 Å². The number of anilines is 3. The maximum absolute atomic E-state index is 11.3. The van der Waals surface area contributed by atoms with Gasteiger partial charge in [0.05, 0.1) is 23.4 Å². The molecule has 0 amide bonds. The molecule has 0 spiro atoms. The number of nitrogens with zero attached hydrogens (tertiary/aromatic N) is 3. The topological polar surface area (TPSA) is 89.3 Å². The molecule has 1 atom stereocenters. The molecule has 1 heterocycles. The SMILES string of the molecule is CC(C)CN(c1ccc([C@H](C)CC(=O)O)cc1Nc1ccc(C#N)cn1)C1CCCCC1. The molecule has 1 aliphatic carbocycles. The van der Waals surface area contributed by atoms with E-state index in [0.29, 0.717) is 23.3 Å². The van der Waals surface area contributed by atoms with E-state index in [-0.39, 0.29) is 12.3 Å². The number of hydrogen-bond donors (Lipinski definition) is 2. The maximum atomic E-state index is 11.3. The summed E-state index contributed by atoms with van der Waals surface area (Å²) in [6, 6.07) is 12.4. The summed E-state index contributed by atoms with van der Waals surface area (Å²) in [5, 5.41) is 21.8. The maximum Gasteiger partial charge on any atom is 0.303 e. The summed E-state index contributed by atoms with van der Waals surface area (Å²) < 4.78 is 0. The number of aromatic nitrogens is 1. The van der Waals surface area contributed by atoms with E-state index in [0.717, 1.165) is 23.5 Å². The van der Waals surface area contributed by atoms with Crippen molar-refractivity contribution in [2.75, 3.05) is 16.8 Å². The molecule has 1 fully saturated rings. The number of hydrogen-bond acceptors (Lipinski definition) is 5. The van der Waals surface area contributed by atoms with Gasteiger partial charge in [0, 0.05) is 18.8 Å². The first-order chi connectivity index (χ1) is 15.4. The highest BCUT2D eigenvalue weighted by atomic mass is 16.4. The Morgan fingerprint density at radius 1 is 1.22 bits per heavy atom. The van der Waals surface area contributed by atoms with Gasteiger partial charge in [-0.05, 0) is 54.5 Å². The van der Waals surface area contributed by atoms with Crippen LogP contribution in [0.3, 0.4) is 0 Å². The second-order valence-electron chi connectivity index (χ2n) is 9.28. The second kappa shape index (κ2) is 11.0. The molecule has 3 rings (SSSR count). The smallest absolute Gasteiger partial charge is 0.303 e. The van der Waals surface area contributed by atoms with Crippen molar-refractivity contribution in [2.24, 2.45) is 5.92 Å². The van der Waals surface area contributed by atoms with Gasteiger partial charge >= 0.3 is 5.97 Å². The van der Waals surface area contributed by atoms with Gasteiger partial charge in [-0.3, -0.25) is 4.79 Å². The molecule has 2 N–H and O–H groups in total. The van der Waals surface area contributed by atoms with Crippen LogP contribution in [0.2, 0.25) is 0 Å². The Morgan fingerprint density at radius 2 is 1.97 bits per heavy atom. The van der Waals surface area contributed by atoms with E-state index < -0.39 is 5.97 Å². The summed E-state index contributed by atoms with van der Waals surface area (Å²) in [4.78, 5) is 18.2. The third kappa shape index (κ3) is 6.23. The Hall–Kier alpha value is -3.07. The number of aliphatic carboxylic acids is 1. The molecule has 1 aromatic heterocycles. The highest BCUT2D eigenvalue weighted by molar-refractivity contribution is 5.76. The van der Waals surface area contributed by atoms with Crippen LogP contribution in [0.15, 0.2) is 36.5 Å². The van der Waals surface area contributed by atoms with E-state index in [1.54, 1.807) is 12.3 Å². The molecule has 6 nitrogen and oxygen atoms in total. The minimum Gasteiger partial charge on any atom is -0.481 e. The number of carboxylic acid groups (broad SMARTS) is 1. The Labute approximate surface area is 191 Å². The van der Waals surface area contributed by atoms with Gasteiger partial charge in [0.2, 0.25) is 0 Å². The highest BCUT2D eigenvalue weighted by Gasteiger charge is 2.25. The van der Waals surface area contributed by atoms with Crippen LogP contribution >= 0.6 is 0 Å². The summed E-state index contributed by atoms with van der Waals surface area (Å²) >= 11 is 0. The first-order valence-corrected chi connectivity index (χ1v) is 11.6. The fourth-order valence-corrected chi connectivity index (χ4v) is 4.49. The largest absolute Gasteiger partial charge is 0.481 e. The first-order valence-electron chi connectivity index (χ1n) is 11.6. The second-order valence-corrected chi connectivity index (χ2v) is 9.28. The Bertz CT molecular complexity index is 943. The number of nitrogens with one attached hydrogen (secondary N) is 1. The molecule has 1 saturated carbocycles. The number of carbonyl (C=O) groups is 1. The van der Waals surface area contributed by atoms with E-state index in [1.807, 2.05) is 13.0 Å². The fraction of sp³-hybridized carbons (Fsp3) is 0.500. The van der Waals surface area contributed by atoms with Crippen LogP contribution < -0.4 is 10.2 Å². The van der Waals surface area contributed by atoms with E-state index in [9.17, 15) is 9.90 Å². The fourth-order valence-electron chi connectivity index (χ4n) is 4.49. The van der Waals surface area contributed by atoms with Crippen LogP contribution in [0.5, 0.6) is 0 Å².